The lowest BCUT2D eigenvalue weighted by Gasteiger charge is -2.09. The van der Waals surface area contributed by atoms with Gasteiger partial charge in [-0.15, -0.1) is 0 Å². The number of hydrogen-bond donors (Lipinski definition) is 0. The molecule has 0 saturated carbocycles. The molecule has 0 heterocycles. The Morgan fingerprint density at radius 3 is 1.41 bits per heavy atom. The van der Waals surface area contributed by atoms with Crippen LogP contribution in [0, 0.1) is 3.57 Å². The summed E-state index contributed by atoms with van der Waals surface area (Å²) in [6.45, 7) is 1.26. The molecule has 4 aromatic rings. The highest BCUT2D eigenvalue weighted by Gasteiger charge is 2.27. The lowest BCUT2D eigenvalue weighted by Crippen LogP contribution is -2.04. The summed E-state index contributed by atoms with van der Waals surface area (Å²) in [5.74, 6) is 0. The van der Waals surface area contributed by atoms with E-state index in [2.05, 4.69) is 132 Å². The minimum Gasteiger partial charge on any atom is -0.372 e. The molecule has 0 saturated heterocycles. The van der Waals surface area contributed by atoms with Crippen LogP contribution in [0.25, 0.3) is 0 Å². The molecule has 0 amide bonds. The Labute approximate surface area is 189 Å². The Hall–Kier alpha value is -2.08. The second kappa shape index (κ2) is 10.1. The molecule has 0 atom stereocenters. The first-order valence-electron chi connectivity index (χ1n) is 9.55. The van der Waals surface area contributed by atoms with Gasteiger partial charge >= 0.3 is 0 Å². The third kappa shape index (κ3) is 5.50. The van der Waals surface area contributed by atoms with Crippen molar-refractivity contribution in [1.82, 2.24) is 0 Å². The van der Waals surface area contributed by atoms with Crippen LogP contribution in [0.5, 0.6) is 0 Å². The van der Waals surface area contributed by atoms with Crippen molar-refractivity contribution in [2.24, 2.45) is 0 Å². The quantitative estimate of drug-likeness (QED) is 0.191. The molecule has 0 aliphatic carbocycles. The minimum atomic E-state index is -0.102. The van der Waals surface area contributed by atoms with Gasteiger partial charge < -0.3 is 4.74 Å². The van der Waals surface area contributed by atoms with Crippen molar-refractivity contribution in [1.29, 1.82) is 0 Å². The molecule has 0 bridgehead atoms. The maximum absolute atomic E-state index is 5.92. The van der Waals surface area contributed by atoms with E-state index in [0.717, 1.165) is 0 Å². The van der Waals surface area contributed by atoms with Gasteiger partial charge in [0.25, 0.3) is 0 Å². The highest BCUT2D eigenvalue weighted by molar-refractivity contribution is 14.1. The molecule has 0 aliphatic heterocycles. The van der Waals surface area contributed by atoms with Gasteiger partial charge in [-0.25, -0.2) is 0 Å². The molecule has 0 N–H and O–H groups in total. The van der Waals surface area contributed by atoms with Crippen LogP contribution in [0.1, 0.15) is 11.1 Å². The summed E-state index contributed by atoms with van der Waals surface area (Å²) < 4.78 is 7.16. The Morgan fingerprint density at radius 1 is 0.517 bits per heavy atom. The average molecular weight is 509 g/mol. The largest absolute Gasteiger partial charge is 0.372 e. The summed E-state index contributed by atoms with van der Waals surface area (Å²) in [6.07, 6.45) is 0. The second-order valence-corrected chi connectivity index (χ2v) is 9.97. The Morgan fingerprint density at radius 2 is 0.931 bits per heavy atom. The maximum atomic E-state index is 5.92. The zero-order valence-corrected chi connectivity index (χ0v) is 19.0. The van der Waals surface area contributed by atoms with E-state index in [1.54, 1.807) is 0 Å². The highest BCUT2D eigenvalue weighted by Crippen LogP contribution is 2.31. The van der Waals surface area contributed by atoms with Crippen molar-refractivity contribution >= 4 is 33.5 Å². The molecule has 0 unspecified atom stereocenters. The van der Waals surface area contributed by atoms with Crippen LogP contribution >= 0.6 is 22.6 Å². The zero-order chi connectivity index (χ0) is 19.9. The lowest BCUT2D eigenvalue weighted by molar-refractivity contribution is 0.107. The van der Waals surface area contributed by atoms with Gasteiger partial charge in [-0.2, -0.15) is 0 Å². The maximum Gasteiger partial charge on any atom is 0.166 e. The average Bonchev–Trinajstić information content (AvgIpc) is 2.78. The van der Waals surface area contributed by atoms with Crippen molar-refractivity contribution in [2.45, 2.75) is 27.9 Å². The van der Waals surface area contributed by atoms with Crippen molar-refractivity contribution in [3.05, 3.63) is 124 Å². The molecule has 29 heavy (non-hydrogen) atoms. The van der Waals surface area contributed by atoms with Gasteiger partial charge in [0.1, 0.15) is 0 Å². The van der Waals surface area contributed by atoms with Gasteiger partial charge in [-0.3, -0.25) is 0 Å². The fourth-order valence-corrected chi connectivity index (χ4v) is 5.55. The number of ether oxygens (including phenoxy) is 1. The molecule has 0 fully saturated rings. The molecule has 4 aromatic carbocycles. The lowest BCUT2D eigenvalue weighted by atomic mass is 10.2. The monoisotopic (exact) mass is 509 g/mol. The minimum absolute atomic E-state index is 0.102. The Bertz CT molecular complexity index is 976. The fourth-order valence-electron chi connectivity index (χ4n) is 3.11. The summed E-state index contributed by atoms with van der Waals surface area (Å²) in [6, 6.07) is 38.8. The van der Waals surface area contributed by atoms with Crippen molar-refractivity contribution in [3.63, 3.8) is 0 Å². The number of benzene rings is 4. The van der Waals surface area contributed by atoms with Gasteiger partial charge in [0, 0.05) is 3.57 Å². The van der Waals surface area contributed by atoms with Crippen LogP contribution in [0.2, 0.25) is 0 Å². The van der Waals surface area contributed by atoms with E-state index in [1.165, 1.54) is 29.4 Å². The third-order valence-corrected chi connectivity index (χ3v) is 7.52. The van der Waals surface area contributed by atoms with Gasteiger partial charge in [0.15, 0.2) is 14.7 Å². The number of halogens is 1. The topological polar surface area (TPSA) is 9.23 Å². The summed E-state index contributed by atoms with van der Waals surface area (Å²) in [7, 11) is -0.102. The second-order valence-electron chi connectivity index (χ2n) is 6.70. The smallest absolute Gasteiger partial charge is 0.166 e. The normalized spacial score (nSPS) is 11.0. The van der Waals surface area contributed by atoms with Crippen molar-refractivity contribution in [3.8, 4) is 0 Å². The van der Waals surface area contributed by atoms with E-state index in [0.29, 0.717) is 13.2 Å². The van der Waals surface area contributed by atoms with Gasteiger partial charge in [0.05, 0.1) is 24.1 Å². The summed E-state index contributed by atoms with van der Waals surface area (Å²) in [5.41, 5.74) is 2.40. The molecule has 1 nitrogen and oxygen atoms in total. The van der Waals surface area contributed by atoms with Crippen LogP contribution in [0.15, 0.2) is 124 Å². The molecule has 0 aromatic heterocycles. The molecule has 0 aliphatic rings. The number of hydrogen-bond acceptors (Lipinski definition) is 1. The molecule has 4 rings (SSSR count). The molecule has 0 radical (unpaired) electrons. The van der Waals surface area contributed by atoms with Crippen LogP contribution in [0.4, 0.5) is 0 Å². The Balaban J connectivity index is 1.48. The van der Waals surface area contributed by atoms with Crippen LogP contribution in [-0.4, -0.2) is 0 Å². The molecule has 0 spiro atoms. The van der Waals surface area contributed by atoms with Crippen LogP contribution < -0.4 is 0 Å². The van der Waals surface area contributed by atoms with E-state index in [4.69, 9.17) is 4.74 Å². The summed E-state index contributed by atoms with van der Waals surface area (Å²) in [4.78, 5) is 3.99. The van der Waals surface area contributed by atoms with Crippen molar-refractivity contribution < 1.29 is 4.74 Å². The van der Waals surface area contributed by atoms with Crippen molar-refractivity contribution in [2.75, 3.05) is 0 Å². The van der Waals surface area contributed by atoms with E-state index < -0.39 is 0 Å². The van der Waals surface area contributed by atoms with Crippen LogP contribution in [-0.2, 0) is 28.8 Å². The fraction of sp³-hybridized carbons (Fsp3) is 0.0769. The Kier molecular flexibility index (Phi) is 7.04. The number of rotatable bonds is 7. The third-order valence-electron chi connectivity index (χ3n) is 4.57. The molecule has 3 heteroatoms. The van der Waals surface area contributed by atoms with E-state index in [9.17, 15) is 0 Å². The molecule has 144 valence electrons. The van der Waals surface area contributed by atoms with Crippen LogP contribution in [0.3, 0.4) is 0 Å². The first-order valence-corrected chi connectivity index (χ1v) is 11.9. The standard InChI is InChI=1S/C26H22IOS/c27-23-15-11-21(12-16-23)19-28-20-22-13-17-26(18-14-22)29(24-7-3-1-4-8-24)25-9-5-2-6-10-25/h1-18H,19-20H2/q+1. The van der Waals surface area contributed by atoms with E-state index in [1.807, 2.05) is 0 Å². The SMILES string of the molecule is Ic1ccc(COCc2ccc([S+](c3ccccc3)c3ccccc3)cc2)cc1. The highest BCUT2D eigenvalue weighted by atomic mass is 127. The predicted molar refractivity (Wildman–Crippen MR) is 129 cm³/mol. The van der Waals surface area contributed by atoms with Gasteiger partial charge in [0.2, 0.25) is 0 Å². The van der Waals surface area contributed by atoms with Gasteiger partial charge in [-0.1, -0.05) is 60.7 Å². The summed E-state index contributed by atoms with van der Waals surface area (Å²) >= 11 is 2.32. The predicted octanol–water partition coefficient (Wildman–Crippen LogP) is 7.10. The van der Waals surface area contributed by atoms with E-state index in [-0.39, 0.29) is 10.9 Å². The zero-order valence-electron chi connectivity index (χ0n) is 16.0. The molecular formula is C26H22IOS+. The van der Waals surface area contributed by atoms with Gasteiger partial charge in [-0.05, 0) is 82.2 Å². The first kappa shape index (κ1) is 20.2. The summed E-state index contributed by atoms with van der Waals surface area (Å²) in [5, 5.41) is 0. The first-order chi connectivity index (χ1) is 14.3. The van der Waals surface area contributed by atoms with E-state index >= 15 is 0 Å². The molecular weight excluding hydrogens is 487 g/mol.